The summed E-state index contributed by atoms with van der Waals surface area (Å²) in [6.07, 6.45) is 1.65. The van der Waals surface area contributed by atoms with Crippen LogP contribution in [0.2, 0.25) is 0 Å². The van der Waals surface area contributed by atoms with Crippen molar-refractivity contribution in [3.05, 3.63) is 35.4 Å². The van der Waals surface area contributed by atoms with Gasteiger partial charge in [0.05, 0.1) is 12.2 Å². The van der Waals surface area contributed by atoms with Gasteiger partial charge in [-0.15, -0.1) is 0 Å². The van der Waals surface area contributed by atoms with Crippen LogP contribution >= 0.6 is 11.6 Å². The van der Waals surface area contributed by atoms with Gasteiger partial charge < -0.3 is 9.47 Å². The zero-order chi connectivity index (χ0) is 12.7. The molecule has 0 spiro atoms. The first kappa shape index (κ1) is 13.6. The molecule has 0 aliphatic rings. The van der Waals surface area contributed by atoms with Crippen LogP contribution in [0.1, 0.15) is 23.7 Å². The zero-order valence-electron chi connectivity index (χ0n) is 9.74. The molecule has 1 aromatic rings. The third-order valence-electron chi connectivity index (χ3n) is 1.97. The highest BCUT2D eigenvalue weighted by molar-refractivity contribution is 6.29. The van der Waals surface area contributed by atoms with E-state index in [2.05, 4.69) is 6.58 Å². The van der Waals surface area contributed by atoms with Crippen LogP contribution in [0.4, 0.5) is 0 Å². The van der Waals surface area contributed by atoms with Crippen LogP contribution < -0.4 is 9.47 Å². The second-order valence-electron chi connectivity index (χ2n) is 3.47. The topological polar surface area (TPSA) is 35.5 Å². The fourth-order valence-electron chi connectivity index (χ4n) is 1.20. The Hall–Kier alpha value is -1.48. The smallest absolute Gasteiger partial charge is 0.153 e. The van der Waals surface area contributed by atoms with Crippen molar-refractivity contribution in [3.8, 4) is 11.5 Å². The highest BCUT2D eigenvalue weighted by Gasteiger charge is 2.05. The van der Waals surface area contributed by atoms with Crippen molar-refractivity contribution in [3.63, 3.8) is 0 Å². The summed E-state index contributed by atoms with van der Waals surface area (Å²) in [7, 11) is 0. The van der Waals surface area contributed by atoms with Gasteiger partial charge >= 0.3 is 0 Å². The molecule has 0 heterocycles. The maximum atomic E-state index is 10.8. The molecule has 17 heavy (non-hydrogen) atoms. The normalized spacial score (nSPS) is 9.76. The van der Waals surface area contributed by atoms with E-state index in [9.17, 15) is 4.79 Å². The molecule has 0 aromatic heterocycles. The maximum Gasteiger partial charge on any atom is 0.153 e. The Labute approximate surface area is 106 Å². The van der Waals surface area contributed by atoms with Crippen LogP contribution in [0.25, 0.3) is 0 Å². The highest BCUT2D eigenvalue weighted by atomic mass is 35.5. The molecule has 0 radical (unpaired) electrons. The van der Waals surface area contributed by atoms with E-state index in [1.165, 1.54) is 0 Å². The van der Waals surface area contributed by atoms with Crippen molar-refractivity contribution in [2.24, 2.45) is 0 Å². The predicted octanol–water partition coefficient (Wildman–Crippen LogP) is 3.42. The number of rotatable bonds is 7. The van der Waals surface area contributed by atoms with Crippen molar-refractivity contribution in [1.82, 2.24) is 0 Å². The number of carbonyl (C=O) groups is 1. The number of halogens is 1. The molecule has 0 atom stereocenters. The first-order chi connectivity index (χ1) is 8.17. The summed E-state index contributed by atoms with van der Waals surface area (Å²) in [6, 6.07) is 5.07. The molecule has 0 unspecified atom stereocenters. The lowest BCUT2D eigenvalue weighted by atomic mass is 10.2. The van der Waals surface area contributed by atoms with Gasteiger partial charge in [0.15, 0.2) is 6.29 Å². The van der Waals surface area contributed by atoms with Gasteiger partial charge in [0.25, 0.3) is 0 Å². The van der Waals surface area contributed by atoms with Gasteiger partial charge in [-0.3, -0.25) is 4.79 Å². The number of hydrogen-bond acceptors (Lipinski definition) is 3. The van der Waals surface area contributed by atoms with Gasteiger partial charge in [-0.2, -0.15) is 0 Å². The third kappa shape index (κ3) is 4.49. The Morgan fingerprint density at radius 3 is 2.82 bits per heavy atom. The highest BCUT2D eigenvalue weighted by Crippen LogP contribution is 2.24. The van der Waals surface area contributed by atoms with Gasteiger partial charge in [0, 0.05) is 11.1 Å². The van der Waals surface area contributed by atoms with Crippen molar-refractivity contribution in [2.45, 2.75) is 13.3 Å². The molecule has 0 amide bonds. The molecule has 0 bridgehead atoms. The van der Waals surface area contributed by atoms with Crippen LogP contribution in [0.3, 0.4) is 0 Å². The maximum absolute atomic E-state index is 10.8. The average Bonchev–Trinajstić information content (AvgIpc) is 2.33. The Bertz CT molecular complexity index is 402. The second kappa shape index (κ2) is 6.97. The van der Waals surface area contributed by atoms with Gasteiger partial charge in [0.1, 0.15) is 18.1 Å². The third-order valence-corrected chi connectivity index (χ3v) is 2.08. The Balaban J connectivity index is 2.81. The van der Waals surface area contributed by atoms with Crippen LogP contribution in [0.15, 0.2) is 29.8 Å². The van der Waals surface area contributed by atoms with E-state index in [1.807, 2.05) is 6.92 Å². The van der Waals surface area contributed by atoms with E-state index in [-0.39, 0.29) is 6.61 Å². The quantitative estimate of drug-likeness (QED) is 0.700. The van der Waals surface area contributed by atoms with E-state index in [0.717, 1.165) is 12.7 Å². The lowest BCUT2D eigenvalue weighted by Gasteiger charge is -2.10. The van der Waals surface area contributed by atoms with Crippen LogP contribution in [-0.2, 0) is 0 Å². The van der Waals surface area contributed by atoms with Gasteiger partial charge in [-0.1, -0.05) is 25.1 Å². The largest absolute Gasteiger partial charge is 0.493 e. The van der Waals surface area contributed by atoms with Crippen molar-refractivity contribution >= 4 is 17.9 Å². The molecule has 0 saturated carbocycles. The van der Waals surface area contributed by atoms with E-state index in [0.29, 0.717) is 28.7 Å². The molecule has 0 N–H and O–H groups in total. The molecule has 0 fully saturated rings. The van der Waals surface area contributed by atoms with Crippen LogP contribution in [0.5, 0.6) is 11.5 Å². The number of benzene rings is 1. The summed E-state index contributed by atoms with van der Waals surface area (Å²) in [4.78, 5) is 10.8. The summed E-state index contributed by atoms with van der Waals surface area (Å²) < 4.78 is 10.8. The van der Waals surface area contributed by atoms with E-state index in [4.69, 9.17) is 21.1 Å². The Morgan fingerprint density at radius 2 is 2.24 bits per heavy atom. The molecule has 0 saturated heterocycles. The zero-order valence-corrected chi connectivity index (χ0v) is 10.5. The molecule has 0 aliphatic carbocycles. The van der Waals surface area contributed by atoms with Crippen LogP contribution in [0, 0.1) is 0 Å². The van der Waals surface area contributed by atoms with E-state index >= 15 is 0 Å². The monoisotopic (exact) mass is 254 g/mol. The summed E-state index contributed by atoms with van der Waals surface area (Å²) in [6.45, 7) is 6.33. The minimum atomic E-state index is 0.166. The van der Waals surface area contributed by atoms with Gasteiger partial charge in [-0.05, 0) is 18.6 Å². The van der Waals surface area contributed by atoms with Crippen molar-refractivity contribution in [1.29, 1.82) is 0 Å². The fourth-order valence-corrected chi connectivity index (χ4v) is 1.26. The molecule has 92 valence electrons. The summed E-state index contributed by atoms with van der Waals surface area (Å²) >= 11 is 5.61. The Morgan fingerprint density at radius 1 is 1.47 bits per heavy atom. The minimum absolute atomic E-state index is 0.166. The van der Waals surface area contributed by atoms with Crippen molar-refractivity contribution in [2.75, 3.05) is 13.2 Å². The molecule has 3 nitrogen and oxygen atoms in total. The second-order valence-corrected chi connectivity index (χ2v) is 4.01. The molecule has 1 aromatic carbocycles. The molecular weight excluding hydrogens is 240 g/mol. The number of carbonyl (C=O) groups excluding carboxylic acids is 1. The lowest BCUT2D eigenvalue weighted by molar-refractivity contribution is 0.112. The summed E-state index contributed by atoms with van der Waals surface area (Å²) in [5, 5.41) is 0.377. The lowest BCUT2D eigenvalue weighted by Crippen LogP contribution is -2.01. The average molecular weight is 255 g/mol. The predicted molar refractivity (Wildman–Crippen MR) is 68.1 cm³/mol. The van der Waals surface area contributed by atoms with Gasteiger partial charge in [0.2, 0.25) is 0 Å². The molecule has 4 heteroatoms. The summed E-state index contributed by atoms with van der Waals surface area (Å²) in [5.41, 5.74) is 0.465. The first-order valence-electron chi connectivity index (χ1n) is 5.35. The van der Waals surface area contributed by atoms with Crippen molar-refractivity contribution < 1.29 is 14.3 Å². The summed E-state index contributed by atoms with van der Waals surface area (Å²) in [5.74, 6) is 1.13. The Kier molecular flexibility index (Phi) is 5.57. The first-order valence-corrected chi connectivity index (χ1v) is 5.73. The fraction of sp³-hybridized carbons (Fsp3) is 0.308. The number of aldehydes is 1. The van der Waals surface area contributed by atoms with Crippen LogP contribution in [-0.4, -0.2) is 19.5 Å². The molecular formula is C13H15ClO3. The number of hydrogen-bond donors (Lipinski definition) is 0. The van der Waals surface area contributed by atoms with E-state index in [1.54, 1.807) is 18.2 Å². The van der Waals surface area contributed by atoms with Gasteiger partial charge in [-0.25, -0.2) is 0 Å². The number of ether oxygens (including phenoxy) is 2. The SMILES string of the molecule is C=C(Cl)COc1cc(OCCC)ccc1C=O. The molecule has 1 rings (SSSR count). The minimum Gasteiger partial charge on any atom is -0.493 e. The standard InChI is InChI=1S/C13H15ClO3/c1-3-6-16-12-5-4-11(8-15)13(7-12)17-9-10(2)14/h4-5,7-8H,2-3,6,9H2,1H3. The van der Waals surface area contributed by atoms with E-state index < -0.39 is 0 Å². The molecule has 0 aliphatic heterocycles.